The second-order valence-corrected chi connectivity index (χ2v) is 3.72. The molecule has 0 unspecified atom stereocenters. The quantitative estimate of drug-likeness (QED) is 0.843. The molecule has 18 heavy (non-hydrogen) atoms. The summed E-state index contributed by atoms with van der Waals surface area (Å²) < 4.78 is 6.23. The van der Waals surface area contributed by atoms with Crippen LogP contribution in [0.2, 0.25) is 0 Å². The van der Waals surface area contributed by atoms with E-state index in [2.05, 4.69) is 4.98 Å². The van der Waals surface area contributed by atoms with E-state index in [0.29, 0.717) is 5.75 Å². The standard InChI is InChI=1S/C12H12N2O4/c1-18-9-4-2-3-8(5-9)7-14-10(11(15)16)6-13-12(14)17/h2-6H,7H2,1H3,(H,13,17)(H,15,16). The zero-order valence-corrected chi connectivity index (χ0v) is 9.71. The lowest BCUT2D eigenvalue weighted by atomic mass is 10.2. The molecule has 0 aliphatic carbocycles. The molecule has 2 aromatic rings. The number of aromatic amines is 1. The van der Waals surface area contributed by atoms with Crippen LogP contribution in [0.1, 0.15) is 16.1 Å². The molecule has 1 aromatic carbocycles. The van der Waals surface area contributed by atoms with Gasteiger partial charge in [0, 0.05) is 6.20 Å². The number of hydrogen-bond donors (Lipinski definition) is 2. The van der Waals surface area contributed by atoms with Crippen LogP contribution in [0.15, 0.2) is 35.3 Å². The Morgan fingerprint density at radius 2 is 2.28 bits per heavy atom. The van der Waals surface area contributed by atoms with Crippen molar-refractivity contribution < 1.29 is 14.6 Å². The van der Waals surface area contributed by atoms with E-state index in [-0.39, 0.29) is 12.2 Å². The third-order valence-corrected chi connectivity index (χ3v) is 2.56. The van der Waals surface area contributed by atoms with Crippen LogP contribution in [0, 0.1) is 0 Å². The van der Waals surface area contributed by atoms with Crippen molar-refractivity contribution in [1.29, 1.82) is 0 Å². The Hall–Kier alpha value is -2.50. The lowest BCUT2D eigenvalue weighted by Crippen LogP contribution is -2.21. The number of carboxylic acid groups (broad SMARTS) is 1. The van der Waals surface area contributed by atoms with Crippen LogP contribution in [-0.2, 0) is 6.54 Å². The number of imidazole rings is 1. The minimum Gasteiger partial charge on any atom is -0.497 e. The zero-order valence-electron chi connectivity index (χ0n) is 9.71. The number of benzene rings is 1. The second kappa shape index (κ2) is 4.79. The van der Waals surface area contributed by atoms with Crippen LogP contribution in [-0.4, -0.2) is 27.7 Å². The number of aromatic carboxylic acids is 1. The molecule has 0 saturated heterocycles. The molecular formula is C12H12N2O4. The summed E-state index contributed by atoms with van der Waals surface area (Å²) in [6.45, 7) is 0.182. The third-order valence-electron chi connectivity index (χ3n) is 2.56. The van der Waals surface area contributed by atoms with E-state index < -0.39 is 11.7 Å². The van der Waals surface area contributed by atoms with Crippen molar-refractivity contribution in [1.82, 2.24) is 9.55 Å². The maximum atomic E-state index is 11.5. The first-order valence-corrected chi connectivity index (χ1v) is 5.26. The van der Waals surface area contributed by atoms with E-state index in [1.165, 1.54) is 6.20 Å². The number of nitrogens with zero attached hydrogens (tertiary/aromatic N) is 1. The normalized spacial score (nSPS) is 10.3. The Morgan fingerprint density at radius 3 is 2.94 bits per heavy atom. The van der Waals surface area contributed by atoms with Crippen molar-refractivity contribution >= 4 is 5.97 Å². The summed E-state index contributed by atoms with van der Waals surface area (Å²) in [5.74, 6) is -0.482. The third kappa shape index (κ3) is 2.27. The van der Waals surface area contributed by atoms with Crippen molar-refractivity contribution in [2.45, 2.75) is 6.54 Å². The summed E-state index contributed by atoms with van der Waals surface area (Å²) in [5, 5.41) is 8.95. The van der Waals surface area contributed by atoms with Crippen molar-refractivity contribution in [2.75, 3.05) is 7.11 Å². The van der Waals surface area contributed by atoms with Crippen LogP contribution < -0.4 is 10.4 Å². The van der Waals surface area contributed by atoms with Gasteiger partial charge in [-0.2, -0.15) is 0 Å². The molecule has 0 radical (unpaired) electrons. The summed E-state index contributed by atoms with van der Waals surface area (Å²) in [6, 6.07) is 7.12. The fourth-order valence-corrected chi connectivity index (χ4v) is 1.68. The average molecular weight is 248 g/mol. The molecule has 0 bridgehead atoms. The topological polar surface area (TPSA) is 84.3 Å². The smallest absolute Gasteiger partial charge is 0.354 e. The molecule has 2 rings (SSSR count). The van der Waals surface area contributed by atoms with Crippen LogP contribution in [0.25, 0.3) is 0 Å². The highest BCUT2D eigenvalue weighted by atomic mass is 16.5. The molecule has 0 amide bonds. The number of carboxylic acids is 1. The van der Waals surface area contributed by atoms with Crippen LogP contribution >= 0.6 is 0 Å². The number of methoxy groups -OCH3 is 1. The van der Waals surface area contributed by atoms with Crippen molar-refractivity contribution in [2.24, 2.45) is 0 Å². The number of nitrogens with one attached hydrogen (secondary N) is 1. The van der Waals surface area contributed by atoms with Gasteiger partial charge < -0.3 is 14.8 Å². The van der Waals surface area contributed by atoms with Gasteiger partial charge in [0.2, 0.25) is 0 Å². The fourth-order valence-electron chi connectivity index (χ4n) is 1.68. The fraction of sp³-hybridized carbons (Fsp3) is 0.167. The van der Waals surface area contributed by atoms with Gasteiger partial charge in [-0.15, -0.1) is 0 Å². The van der Waals surface area contributed by atoms with E-state index in [0.717, 1.165) is 10.1 Å². The van der Waals surface area contributed by atoms with Gasteiger partial charge in [-0.1, -0.05) is 12.1 Å². The molecular weight excluding hydrogens is 236 g/mol. The van der Waals surface area contributed by atoms with Gasteiger partial charge >= 0.3 is 11.7 Å². The highest BCUT2D eigenvalue weighted by Gasteiger charge is 2.13. The lowest BCUT2D eigenvalue weighted by Gasteiger charge is -2.06. The van der Waals surface area contributed by atoms with E-state index in [1.807, 2.05) is 0 Å². The van der Waals surface area contributed by atoms with Gasteiger partial charge in [-0.05, 0) is 17.7 Å². The molecule has 0 saturated carbocycles. The van der Waals surface area contributed by atoms with Gasteiger partial charge in [0.05, 0.1) is 13.7 Å². The van der Waals surface area contributed by atoms with Gasteiger partial charge in [-0.25, -0.2) is 9.59 Å². The van der Waals surface area contributed by atoms with Crippen molar-refractivity contribution in [3.8, 4) is 5.75 Å². The predicted octanol–water partition coefficient (Wildman–Crippen LogP) is 0.931. The minimum absolute atomic E-state index is 0.0668. The monoisotopic (exact) mass is 248 g/mol. The molecule has 0 spiro atoms. The Labute approximate surface area is 102 Å². The molecule has 6 nitrogen and oxygen atoms in total. The molecule has 0 aliphatic rings. The number of ether oxygens (including phenoxy) is 1. The van der Waals surface area contributed by atoms with E-state index >= 15 is 0 Å². The summed E-state index contributed by atoms with van der Waals surface area (Å²) in [5.41, 5.74) is 0.275. The molecule has 0 fully saturated rings. The molecule has 6 heteroatoms. The number of H-pyrrole nitrogens is 1. The summed E-state index contributed by atoms with van der Waals surface area (Å²) >= 11 is 0. The highest BCUT2D eigenvalue weighted by Crippen LogP contribution is 2.13. The molecule has 2 N–H and O–H groups in total. The van der Waals surface area contributed by atoms with Gasteiger partial charge in [0.15, 0.2) is 0 Å². The molecule has 1 aromatic heterocycles. The van der Waals surface area contributed by atoms with E-state index in [1.54, 1.807) is 31.4 Å². The van der Waals surface area contributed by atoms with E-state index in [9.17, 15) is 9.59 Å². The Bertz CT molecular complexity index is 627. The maximum Gasteiger partial charge on any atom is 0.354 e. The maximum absolute atomic E-state index is 11.5. The first-order valence-electron chi connectivity index (χ1n) is 5.26. The van der Waals surface area contributed by atoms with Crippen LogP contribution in [0.5, 0.6) is 5.75 Å². The van der Waals surface area contributed by atoms with Crippen molar-refractivity contribution in [3.05, 3.63) is 52.2 Å². The predicted molar refractivity (Wildman–Crippen MR) is 64.1 cm³/mol. The van der Waals surface area contributed by atoms with Crippen molar-refractivity contribution in [3.63, 3.8) is 0 Å². The minimum atomic E-state index is -1.14. The molecule has 0 aliphatic heterocycles. The van der Waals surface area contributed by atoms with Crippen LogP contribution in [0.3, 0.4) is 0 Å². The SMILES string of the molecule is COc1cccc(Cn2c(C(=O)O)c[nH]c2=O)c1. The Kier molecular flexibility index (Phi) is 3.18. The summed E-state index contributed by atoms with van der Waals surface area (Å²) in [4.78, 5) is 24.8. The number of carbonyl (C=O) groups is 1. The molecule has 1 heterocycles. The largest absolute Gasteiger partial charge is 0.497 e. The highest BCUT2D eigenvalue weighted by molar-refractivity contribution is 5.85. The van der Waals surface area contributed by atoms with Gasteiger partial charge in [0.1, 0.15) is 11.4 Å². The van der Waals surface area contributed by atoms with Crippen LogP contribution in [0.4, 0.5) is 0 Å². The molecule has 94 valence electrons. The Morgan fingerprint density at radius 1 is 1.50 bits per heavy atom. The Balaban J connectivity index is 2.36. The second-order valence-electron chi connectivity index (χ2n) is 3.72. The lowest BCUT2D eigenvalue weighted by molar-refractivity contribution is 0.0685. The average Bonchev–Trinajstić information content (AvgIpc) is 2.71. The summed E-state index contributed by atoms with van der Waals surface area (Å²) in [7, 11) is 1.55. The summed E-state index contributed by atoms with van der Waals surface area (Å²) in [6.07, 6.45) is 1.19. The molecule has 0 atom stereocenters. The number of rotatable bonds is 4. The number of hydrogen-bond acceptors (Lipinski definition) is 3. The van der Waals surface area contributed by atoms with Gasteiger partial charge in [0.25, 0.3) is 0 Å². The number of aromatic nitrogens is 2. The van der Waals surface area contributed by atoms with Gasteiger partial charge in [-0.3, -0.25) is 4.57 Å². The first kappa shape index (κ1) is 12.0. The zero-order chi connectivity index (χ0) is 13.1. The first-order chi connectivity index (χ1) is 8.61. The van der Waals surface area contributed by atoms with E-state index in [4.69, 9.17) is 9.84 Å².